The molecule has 2 aliphatic heterocycles. The molecule has 2 saturated heterocycles. The Bertz CT molecular complexity index is 1350. The fraction of sp³-hybridized carbons (Fsp3) is 0.711. The standard InChI is InChI=1S/C38H55ClN4O6/c1-37(2,3)35(47)43-17-15-38(16-18-43)23-28(33(45)42-38)22-30(24-44)40-34(46)31(21-25-9-5-4-6-10-25)41-36(48)49-32-14-8-12-27(32)19-26-11-7-13-29(39)20-26/h7,11,13,20,24-25,27-28,30-32H,4-6,8-10,12,14-19,21-23H2,1-3H3,(H,40,46)(H,41,48)(H,42,45)/t27?,28?,30?,31-,32?/m0/s1. The molecule has 11 heteroatoms. The van der Waals surface area contributed by atoms with Crippen LogP contribution in [0.25, 0.3) is 0 Å². The van der Waals surface area contributed by atoms with Gasteiger partial charge in [0.25, 0.3) is 0 Å². The molecule has 0 radical (unpaired) electrons. The van der Waals surface area contributed by atoms with Gasteiger partial charge in [-0.15, -0.1) is 0 Å². The monoisotopic (exact) mass is 698 g/mol. The molecule has 2 aliphatic carbocycles. The van der Waals surface area contributed by atoms with E-state index in [0.717, 1.165) is 56.9 Å². The maximum atomic E-state index is 13.7. The quantitative estimate of drug-likeness (QED) is 0.253. The van der Waals surface area contributed by atoms with Crippen LogP contribution in [0, 0.1) is 23.2 Å². The van der Waals surface area contributed by atoms with Gasteiger partial charge in [-0.2, -0.15) is 0 Å². The van der Waals surface area contributed by atoms with E-state index in [1.165, 1.54) is 6.42 Å². The van der Waals surface area contributed by atoms with Crippen LogP contribution in [-0.4, -0.2) is 71.8 Å². The van der Waals surface area contributed by atoms with E-state index in [1.54, 1.807) is 0 Å². The molecular formula is C38H55ClN4O6. The number of alkyl carbamates (subject to hydrolysis) is 1. The van der Waals surface area contributed by atoms with E-state index in [4.69, 9.17) is 16.3 Å². The van der Waals surface area contributed by atoms with Gasteiger partial charge in [0.15, 0.2) is 0 Å². The number of ether oxygens (including phenoxy) is 1. The van der Waals surface area contributed by atoms with Crippen LogP contribution in [0.3, 0.4) is 0 Å². The van der Waals surface area contributed by atoms with Crippen molar-refractivity contribution in [2.45, 2.75) is 134 Å². The normalized spacial score (nSPS) is 25.3. The van der Waals surface area contributed by atoms with Gasteiger partial charge in [-0.1, -0.05) is 76.6 Å². The summed E-state index contributed by atoms with van der Waals surface area (Å²) in [7, 11) is 0. The van der Waals surface area contributed by atoms with Crippen molar-refractivity contribution in [1.82, 2.24) is 20.9 Å². The summed E-state index contributed by atoms with van der Waals surface area (Å²) in [5.74, 6) is -0.425. The number of carbonyl (C=O) groups excluding carboxylic acids is 5. The van der Waals surface area contributed by atoms with E-state index < -0.39 is 41.0 Å². The van der Waals surface area contributed by atoms with Gasteiger partial charge in [-0.25, -0.2) is 4.79 Å². The third kappa shape index (κ3) is 9.98. The molecule has 4 unspecified atom stereocenters. The summed E-state index contributed by atoms with van der Waals surface area (Å²) in [6.07, 6.45) is 11.1. The number of likely N-dealkylation sites (tertiary alicyclic amines) is 1. The first kappa shape index (κ1) is 37.1. The number of benzene rings is 1. The highest BCUT2D eigenvalue weighted by atomic mass is 35.5. The first-order chi connectivity index (χ1) is 23.3. The highest BCUT2D eigenvalue weighted by Crippen LogP contribution is 2.37. The Morgan fingerprint density at radius 1 is 1.04 bits per heavy atom. The molecule has 5 atom stereocenters. The zero-order valence-electron chi connectivity index (χ0n) is 29.4. The van der Waals surface area contributed by atoms with Crippen LogP contribution in [-0.2, 0) is 30.3 Å². The van der Waals surface area contributed by atoms with Gasteiger partial charge in [-0.3, -0.25) is 14.4 Å². The van der Waals surface area contributed by atoms with Crippen LogP contribution in [0.1, 0.15) is 110 Å². The fourth-order valence-corrected chi connectivity index (χ4v) is 8.72. The van der Waals surface area contributed by atoms with Crippen molar-refractivity contribution in [2.24, 2.45) is 23.2 Å². The highest BCUT2D eigenvalue weighted by Gasteiger charge is 2.47. The molecule has 49 heavy (non-hydrogen) atoms. The van der Waals surface area contributed by atoms with Crippen molar-refractivity contribution in [2.75, 3.05) is 13.1 Å². The molecule has 0 bridgehead atoms. The lowest BCUT2D eigenvalue weighted by atomic mass is 9.81. The Balaban J connectivity index is 1.17. The second-order valence-corrected chi connectivity index (χ2v) is 16.5. The Morgan fingerprint density at radius 2 is 1.78 bits per heavy atom. The number of aldehydes is 1. The first-order valence-electron chi connectivity index (χ1n) is 18.4. The molecule has 2 heterocycles. The van der Waals surface area contributed by atoms with Gasteiger partial charge in [0.2, 0.25) is 17.7 Å². The van der Waals surface area contributed by atoms with Gasteiger partial charge in [0.1, 0.15) is 18.4 Å². The van der Waals surface area contributed by atoms with Crippen molar-refractivity contribution >= 4 is 41.7 Å². The van der Waals surface area contributed by atoms with Gasteiger partial charge in [-0.05, 0) is 81.4 Å². The van der Waals surface area contributed by atoms with Crippen LogP contribution in [0.2, 0.25) is 5.02 Å². The van der Waals surface area contributed by atoms with Gasteiger partial charge >= 0.3 is 6.09 Å². The molecule has 4 aliphatic rings. The number of nitrogens with one attached hydrogen (secondary N) is 3. The summed E-state index contributed by atoms with van der Waals surface area (Å²) < 4.78 is 5.94. The zero-order chi connectivity index (χ0) is 35.2. The van der Waals surface area contributed by atoms with Crippen molar-refractivity contribution in [3.8, 4) is 0 Å². The van der Waals surface area contributed by atoms with E-state index in [0.29, 0.717) is 50.1 Å². The van der Waals surface area contributed by atoms with Crippen LogP contribution < -0.4 is 16.0 Å². The lowest BCUT2D eigenvalue weighted by molar-refractivity contribution is -0.141. The number of hydrogen-bond acceptors (Lipinski definition) is 6. The average molecular weight is 699 g/mol. The van der Waals surface area contributed by atoms with E-state index in [-0.39, 0.29) is 36.2 Å². The summed E-state index contributed by atoms with van der Waals surface area (Å²) in [6.45, 7) is 6.88. The molecule has 1 aromatic carbocycles. The fourth-order valence-electron chi connectivity index (χ4n) is 8.51. The summed E-state index contributed by atoms with van der Waals surface area (Å²) in [5.41, 5.74) is 0.233. The van der Waals surface area contributed by atoms with Crippen molar-refractivity contribution in [3.05, 3.63) is 34.9 Å². The molecule has 2 saturated carbocycles. The van der Waals surface area contributed by atoms with Crippen LogP contribution in [0.4, 0.5) is 4.79 Å². The second kappa shape index (κ2) is 16.3. The number of rotatable bonds is 11. The summed E-state index contributed by atoms with van der Waals surface area (Å²) >= 11 is 6.19. The van der Waals surface area contributed by atoms with Crippen LogP contribution in [0.5, 0.6) is 0 Å². The molecule has 4 fully saturated rings. The Kier molecular flexibility index (Phi) is 12.3. The molecule has 4 amide bonds. The number of carbonyl (C=O) groups is 5. The molecule has 5 rings (SSSR count). The van der Waals surface area contributed by atoms with Gasteiger partial charge < -0.3 is 30.4 Å². The lowest BCUT2D eigenvalue weighted by Crippen LogP contribution is -2.53. The van der Waals surface area contributed by atoms with E-state index in [9.17, 15) is 24.0 Å². The van der Waals surface area contributed by atoms with Crippen LogP contribution >= 0.6 is 11.6 Å². The van der Waals surface area contributed by atoms with Crippen LogP contribution in [0.15, 0.2) is 24.3 Å². The molecule has 3 N–H and O–H groups in total. The van der Waals surface area contributed by atoms with E-state index >= 15 is 0 Å². The molecule has 1 spiro atoms. The molecule has 270 valence electrons. The highest BCUT2D eigenvalue weighted by molar-refractivity contribution is 6.30. The van der Waals surface area contributed by atoms with Gasteiger partial charge in [0, 0.05) is 40.9 Å². The van der Waals surface area contributed by atoms with Gasteiger partial charge in [0.05, 0.1) is 6.04 Å². The van der Waals surface area contributed by atoms with Crippen molar-refractivity contribution in [3.63, 3.8) is 0 Å². The number of amides is 4. The summed E-state index contributed by atoms with van der Waals surface area (Å²) in [4.78, 5) is 67.1. The number of halogens is 1. The second-order valence-electron chi connectivity index (χ2n) is 16.1. The van der Waals surface area contributed by atoms with Crippen molar-refractivity contribution < 1.29 is 28.7 Å². The topological polar surface area (TPSA) is 134 Å². The predicted octanol–water partition coefficient (Wildman–Crippen LogP) is 5.73. The zero-order valence-corrected chi connectivity index (χ0v) is 30.2. The third-order valence-electron chi connectivity index (χ3n) is 11.2. The third-order valence-corrected chi connectivity index (χ3v) is 11.4. The first-order valence-corrected chi connectivity index (χ1v) is 18.8. The number of piperidine rings is 1. The average Bonchev–Trinajstić information content (AvgIpc) is 3.62. The molecule has 1 aromatic rings. The molecular weight excluding hydrogens is 644 g/mol. The summed E-state index contributed by atoms with van der Waals surface area (Å²) in [6, 6.07) is 6.02. The number of hydrogen-bond donors (Lipinski definition) is 3. The molecule has 0 aromatic heterocycles. The Morgan fingerprint density at radius 3 is 2.45 bits per heavy atom. The minimum Gasteiger partial charge on any atom is -0.446 e. The number of nitrogens with zero attached hydrogens (tertiary/aromatic N) is 1. The predicted molar refractivity (Wildman–Crippen MR) is 188 cm³/mol. The Hall–Kier alpha value is -3.14. The largest absolute Gasteiger partial charge is 0.446 e. The maximum absolute atomic E-state index is 13.7. The smallest absolute Gasteiger partial charge is 0.408 e. The molecule has 10 nitrogen and oxygen atoms in total. The minimum absolute atomic E-state index is 0.104. The SMILES string of the molecule is CC(C)(C)C(=O)N1CCC2(CC1)CC(CC(C=O)NC(=O)[C@H](CC1CCCCC1)NC(=O)OC1CCCC1Cc1cccc(Cl)c1)C(=O)N2. The summed E-state index contributed by atoms with van der Waals surface area (Å²) in [5, 5.41) is 9.57. The van der Waals surface area contributed by atoms with E-state index in [2.05, 4.69) is 16.0 Å². The maximum Gasteiger partial charge on any atom is 0.408 e. The van der Waals surface area contributed by atoms with E-state index in [1.807, 2.05) is 49.9 Å². The lowest BCUT2D eigenvalue weighted by Gasteiger charge is -2.41. The van der Waals surface area contributed by atoms with Crippen molar-refractivity contribution in [1.29, 1.82) is 0 Å². The Labute approximate surface area is 296 Å². The minimum atomic E-state index is -0.871.